The van der Waals surface area contributed by atoms with Crippen molar-refractivity contribution in [2.45, 2.75) is 6.92 Å². The molecule has 0 aliphatic heterocycles. The first-order chi connectivity index (χ1) is 8.35. The van der Waals surface area contributed by atoms with E-state index in [4.69, 9.17) is 10.5 Å². The zero-order valence-electron chi connectivity index (χ0n) is 9.74. The molecule has 102 valence electrons. The molecule has 8 heteroatoms. The van der Waals surface area contributed by atoms with Gasteiger partial charge in [0.15, 0.2) is 0 Å². The molecule has 0 aliphatic carbocycles. The predicted octanol–water partition coefficient (Wildman–Crippen LogP) is 2.57. The van der Waals surface area contributed by atoms with E-state index in [0.29, 0.717) is 26.9 Å². The highest BCUT2D eigenvalue weighted by Crippen LogP contribution is 2.34. The maximum Gasteiger partial charge on any atom is 0.235 e. The summed E-state index contributed by atoms with van der Waals surface area (Å²) in [7, 11) is -3.44. The van der Waals surface area contributed by atoms with Crippen LogP contribution >= 0.6 is 31.9 Å². The molecule has 3 N–H and O–H groups in total. The van der Waals surface area contributed by atoms with Crippen LogP contribution in [0.1, 0.15) is 6.92 Å². The van der Waals surface area contributed by atoms with Gasteiger partial charge in [0.05, 0.1) is 18.0 Å². The largest absolute Gasteiger partial charge is 0.399 e. The molecule has 1 rings (SSSR count). The lowest BCUT2D eigenvalue weighted by Crippen LogP contribution is -2.20. The Balaban J connectivity index is 2.84. The van der Waals surface area contributed by atoms with Gasteiger partial charge in [-0.15, -0.1) is 0 Å². The second kappa shape index (κ2) is 6.74. The van der Waals surface area contributed by atoms with Gasteiger partial charge in [0.1, 0.15) is 0 Å². The molecule has 0 saturated carbocycles. The first-order valence-electron chi connectivity index (χ1n) is 5.18. The van der Waals surface area contributed by atoms with Crippen molar-refractivity contribution in [2.24, 2.45) is 0 Å². The number of nitrogens with one attached hydrogen (secondary N) is 1. The summed E-state index contributed by atoms with van der Waals surface area (Å²) in [5, 5.41) is 0. The fourth-order valence-electron chi connectivity index (χ4n) is 1.21. The maximum absolute atomic E-state index is 11.8. The third kappa shape index (κ3) is 4.75. The molecule has 0 aliphatic rings. The van der Waals surface area contributed by atoms with Crippen LogP contribution in [0.25, 0.3) is 0 Å². The van der Waals surface area contributed by atoms with Crippen LogP contribution in [0.5, 0.6) is 0 Å². The minimum Gasteiger partial charge on any atom is -0.399 e. The second-order valence-corrected chi connectivity index (χ2v) is 7.03. The molecule has 0 amide bonds. The Morgan fingerprint density at radius 2 is 1.89 bits per heavy atom. The van der Waals surface area contributed by atoms with Crippen LogP contribution in [0.4, 0.5) is 11.4 Å². The molecule has 0 spiro atoms. The summed E-state index contributed by atoms with van der Waals surface area (Å²) in [6, 6.07) is 3.26. The van der Waals surface area contributed by atoms with Crippen molar-refractivity contribution < 1.29 is 13.2 Å². The number of halogens is 2. The summed E-state index contributed by atoms with van der Waals surface area (Å²) in [4.78, 5) is 0. The minimum absolute atomic E-state index is 0.0932. The standard InChI is InChI=1S/C10H14Br2N2O3S/c1-2-17-3-4-18(15,16)14-10-8(11)5-7(13)6-9(10)12/h5-6,14H,2-4,13H2,1H3. The number of sulfonamides is 1. The van der Waals surface area contributed by atoms with Gasteiger partial charge in [-0.25, -0.2) is 8.42 Å². The summed E-state index contributed by atoms with van der Waals surface area (Å²) < 4.78 is 32.3. The van der Waals surface area contributed by atoms with E-state index in [-0.39, 0.29) is 12.4 Å². The second-order valence-electron chi connectivity index (χ2n) is 3.48. The summed E-state index contributed by atoms with van der Waals surface area (Å²) in [5.74, 6) is -0.0932. The number of nitrogen functional groups attached to an aromatic ring is 1. The van der Waals surface area contributed by atoms with Gasteiger partial charge < -0.3 is 10.5 Å². The lowest BCUT2D eigenvalue weighted by Gasteiger charge is -2.12. The van der Waals surface area contributed by atoms with Gasteiger partial charge in [-0.1, -0.05) is 0 Å². The number of hydrogen-bond donors (Lipinski definition) is 2. The maximum atomic E-state index is 11.8. The van der Waals surface area contributed by atoms with Crippen LogP contribution in [0.3, 0.4) is 0 Å². The fourth-order valence-corrected chi connectivity index (χ4v) is 3.86. The van der Waals surface area contributed by atoms with Crippen molar-refractivity contribution in [3.8, 4) is 0 Å². The number of nitrogens with two attached hydrogens (primary N) is 1. The van der Waals surface area contributed by atoms with Gasteiger partial charge in [-0.2, -0.15) is 0 Å². The van der Waals surface area contributed by atoms with E-state index in [1.807, 2.05) is 6.92 Å². The van der Waals surface area contributed by atoms with Crippen molar-refractivity contribution in [1.82, 2.24) is 0 Å². The average Bonchev–Trinajstić information content (AvgIpc) is 2.23. The van der Waals surface area contributed by atoms with Crippen LogP contribution in [0.2, 0.25) is 0 Å². The number of ether oxygens (including phenoxy) is 1. The molecule has 5 nitrogen and oxygen atoms in total. The van der Waals surface area contributed by atoms with Gasteiger partial charge in [-0.3, -0.25) is 4.72 Å². The van der Waals surface area contributed by atoms with Crippen LogP contribution < -0.4 is 10.5 Å². The van der Waals surface area contributed by atoms with Crippen molar-refractivity contribution in [3.63, 3.8) is 0 Å². The molecule has 0 saturated heterocycles. The monoisotopic (exact) mass is 400 g/mol. The van der Waals surface area contributed by atoms with E-state index in [1.165, 1.54) is 0 Å². The van der Waals surface area contributed by atoms with Gasteiger partial charge in [0, 0.05) is 21.2 Å². The van der Waals surface area contributed by atoms with Crippen molar-refractivity contribution in [2.75, 3.05) is 29.4 Å². The van der Waals surface area contributed by atoms with Crippen molar-refractivity contribution in [3.05, 3.63) is 21.1 Å². The molecule has 18 heavy (non-hydrogen) atoms. The molecular weight excluding hydrogens is 388 g/mol. The van der Waals surface area contributed by atoms with Gasteiger partial charge in [-0.05, 0) is 50.9 Å². The van der Waals surface area contributed by atoms with Crippen LogP contribution in [0, 0.1) is 0 Å². The quantitative estimate of drug-likeness (QED) is 0.566. The smallest absolute Gasteiger partial charge is 0.235 e. The average molecular weight is 402 g/mol. The van der Waals surface area contributed by atoms with E-state index >= 15 is 0 Å². The molecule has 0 unspecified atom stereocenters. The Kier molecular flexibility index (Phi) is 5.90. The Hall–Kier alpha value is -0.310. The lowest BCUT2D eigenvalue weighted by atomic mass is 10.3. The van der Waals surface area contributed by atoms with Gasteiger partial charge in [0.2, 0.25) is 10.0 Å². The molecule has 1 aromatic carbocycles. The molecule has 0 radical (unpaired) electrons. The molecular formula is C10H14Br2N2O3S. The summed E-state index contributed by atoms with van der Waals surface area (Å²) in [6.45, 7) is 2.47. The number of rotatable bonds is 6. The summed E-state index contributed by atoms with van der Waals surface area (Å²) in [5.41, 5.74) is 6.60. The Morgan fingerprint density at radius 3 is 2.39 bits per heavy atom. The van der Waals surface area contributed by atoms with Crippen LogP contribution in [-0.4, -0.2) is 27.4 Å². The Morgan fingerprint density at radius 1 is 1.33 bits per heavy atom. The van der Waals surface area contributed by atoms with Gasteiger partial charge in [0.25, 0.3) is 0 Å². The first-order valence-corrected chi connectivity index (χ1v) is 8.42. The van der Waals surface area contributed by atoms with Crippen molar-refractivity contribution >= 4 is 53.3 Å². The number of hydrogen-bond acceptors (Lipinski definition) is 4. The molecule has 0 atom stereocenters. The van der Waals surface area contributed by atoms with E-state index < -0.39 is 10.0 Å². The van der Waals surface area contributed by atoms with E-state index in [2.05, 4.69) is 36.6 Å². The molecule has 0 bridgehead atoms. The lowest BCUT2D eigenvalue weighted by molar-refractivity contribution is 0.163. The molecule has 0 fully saturated rings. The Bertz CT molecular complexity index is 497. The molecule has 1 aromatic rings. The highest BCUT2D eigenvalue weighted by molar-refractivity contribution is 9.11. The van der Waals surface area contributed by atoms with Gasteiger partial charge >= 0.3 is 0 Å². The zero-order chi connectivity index (χ0) is 13.8. The minimum atomic E-state index is -3.44. The fraction of sp³-hybridized carbons (Fsp3) is 0.400. The van der Waals surface area contributed by atoms with E-state index in [9.17, 15) is 8.42 Å². The molecule has 0 heterocycles. The number of anilines is 2. The first kappa shape index (κ1) is 15.7. The predicted molar refractivity (Wildman–Crippen MR) is 80.2 cm³/mol. The summed E-state index contributed by atoms with van der Waals surface area (Å²) >= 11 is 6.53. The summed E-state index contributed by atoms with van der Waals surface area (Å²) in [6.07, 6.45) is 0. The third-order valence-corrected chi connectivity index (χ3v) is 4.49. The van der Waals surface area contributed by atoms with E-state index in [0.717, 1.165) is 0 Å². The van der Waals surface area contributed by atoms with Crippen molar-refractivity contribution in [1.29, 1.82) is 0 Å². The highest BCUT2D eigenvalue weighted by Gasteiger charge is 2.15. The normalized spacial score (nSPS) is 11.5. The third-order valence-electron chi connectivity index (χ3n) is 2.02. The van der Waals surface area contributed by atoms with E-state index in [1.54, 1.807) is 12.1 Å². The van der Waals surface area contributed by atoms with Crippen LogP contribution in [-0.2, 0) is 14.8 Å². The topological polar surface area (TPSA) is 81.4 Å². The molecule has 0 aromatic heterocycles. The Labute approximate surface area is 123 Å². The SMILES string of the molecule is CCOCCS(=O)(=O)Nc1c(Br)cc(N)cc1Br. The zero-order valence-corrected chi connectivity index (χ0v) is 13.7. The highest BCUT2D eigenvalue weighted by atomic mass is 79.9. The van der Waals surface area contributed by atoms with Crippen LogP contribution in [0.15, 0.2) is 21.1 Å². The number of benzene rings is 1.